The number of non-ortho nitro benzene ring substituents is 1. The number of nitrogens with zero attached hydrogens (tertiary/aromatic N) is 2. The van der Waals surface area contributed by atoms with Crippen molar-refractivity contribution in [3.63, 3.8) is 0 Å². The number of allylic oxidation sites excluding steroid dienone is 1. The van der Waals surface area contributed by atoms with E-state index in [2.05, 4.69) is 5.32 Å². The van der Waals surface area contributed by atoms with E-state index in [0.29, 0.717) is 39.1 Å². The van der Waals surface area contributed by atoms with Gasteiger partial charge in [-0.1, -0.05) is 42.5 Å². The topological polar surface area (TPSA) is 127 Å². The molecular formula is C31H21N3O6. The third-order valence-electron chi connectivity index (χ3n) is 6.34. The fourth-order valence-corrected chi connectivity index (χ4v) is 4.30. The highest BCUT2D eigenvalue weighted by Crippen LogP contribution is 2.24. The molecule has 0 spiro atoms. The Kier molecular flexibility index (Phi) is 7.10. The highest BCUT2D eigenvalue weighted by atomic mass is 16.6. The highest BCUT2D eigenvalue weighted by molar-refractivity contribution is 6.21. The lowest BCUT2D eigenvalue weighted by Crippen LogP contribution is -2.29. The van der Waals surface area contributed by atoms with Gasteiger partial charge in [0.15, 0.2) is 5.78 Å². The van der Waals surface area contributed by atoms with Crippen LogP contribution in [0, 0.1) is 10.1 Å². The highest BCUT2D eigenvalue weighted by Gasteiger charge is 2.35. The third-order valence-corrected chi connectivity index (χ3v) is 6.34. The molecule has 9 heteroatoms. The van der Waals surface area contributed by atoms with Crippen LogP contribution in [-0.4, -0.2) is 33.3 Å². The molecule has 0 saturated carbocycles. The standard InChI is InChI=1S/C31H21N3O6/c35-28(16-13-20-11-14-25(15-12-20)34(39)40)22-6-4-8-24(18-22)32-29(36)23-7-3-5-21(17-23)19-33-30(37)26-9-1-2-10-27(26)31(33)38/h1-18H,19H2,(H,32,36)/b16-13+. The molecule has 0 bridgehead atoms. The van der Waals surface area contributed by atoms with Crippen LogP contribution in [0.2, 0.25) is 0 Å². The first-order valence-corrected chi connectivity index (χ1v) is 12.2. The minimum atomic E-state index is -0.497. The number of carbonyl (C=O) groups is 4. The lowest BCUT2D eigenvalue weighted by Gasteiger charge is -2.14. The van der Waals surface area contributed by atoms with Gasteiger partial charge in [0.1, 0.15) is 0 Å². The van der Waals surface area contributed by atoms with E-state index < -0.39 is 10.8 Å². The second-order valence-corrected chi connectivity index (χ2v) is 9.02. The molecule has 1 heterocycles. The summed E-state index contributed by atoms with van der Waals surface area (Å²) in [6, 6.07) is 25.5. The molecule has 196 valence electrons. The smallest absolute Gasteiger partial charge is 0.269 e. The summed E-state index contributed by atoms with van der Waals surface area (Å²) in [6.07, 6.45) is 2.90. The molecule has 4 aromatic rings. The van der Waals surface area contributed by atoms with E-state index in [1.807, 2.05) is 0 Å². The second kappa shape index (κ2) is 11.0. The van der Waals surface area contributed by atoms with Gasteiger partial charge in [-0.25, -0.2) is 0 Å². The SMILES string of the molecule is O=C(/C=C/c1ccc([N+](=O)[O-])cc1)c1cccc(NC(=O)c2cccc(CN3C(=O)c4ccccc4C3=O)c2)c1. The van der Waals surface area contributed by atoms with Gasteiger partial charge in [-0.3, -0.25) is 34.2 Å². The fourth-order valence-electron chi connectivity index (χ4n) is 4.30. The number of anilines is 1. The van der Waals surface area contributed by atoms with E-state index in [-0.39, 0.29) is 29.8 Å². The minimum absolute atomic E-state index is 0.0263. The first kappa shape index (κ1) is 25.9. The van der Waals surface area contributed by atoms with Gasteiger partial charge in [-0.05, 0) is 65.7 Å². The first-order chi connectivity index (χ1) is 19.3. The van der Waals surface area contributed by atoms with Crippen molar-refractivity contribution >= 4 is 41.0 Å². The Morgan fingerprint density at radius 2 is 1.45 bits per heavy atom. The van der Waals surface area contributed by atoms with Crippen LogP contribution in [0.15, 0.2) is 103 Å². The summed E-state index contributed by atoms with van der Waals surface area (Å²) in [6.45, 7) is 0.0263. The minimum Gasteiger partial charge on any atom is -0.322 e. The van der Waals surface area contributed by atoms with E-state index in [9.17, 15) is 29.3 Å². The van der Waals surface area contributed by atoms with Crippen molar-refractivity contribution in [1.29, 1.82) is 0 Å². The molecule has 4 aromatic carbocycles. The fraction of sp³-hybridized carbons (Fsp3) is 0.0323. The quantitative estimate of drug-likeness (QED) is 0.105. The van der Waals surface area contributed by atoms with Crippen molar-refractivity contribution < 1.29 is 24.1 Å². The van der Waals surface area contributed by atoms with Gasteiger partial charge in [-0.15, -0.1) is 0 Å². The van der Waals surface area contributed by atoms with Crippen LogP contribution < -0.4 is 5.32 Å². The average molecular weight is 532 g/mol. The molecule has 3 amide bonds. The summed E-state index contributed by atoms with van der Waals surface area (Å²) >= 11 is 0. The molecule has 9 nitrogen and oxygen atoms in total. The Labute approximate surface area is 228 Å². The summed E-state index contributed by atoms with van der Waals surface area (Å²) in [4.78, 5) is 62.5. The summed E-state index contributed by atoms with van der Waals surface area (Å²) < 4.78 is 0. The summed E-state index contributed by atoms with van der Waals surface area (Å²) in [5, 5.41) is 13.6. The normalized spacial score (nSPS) is 12.4. The number of benzene rings is 4. The number of nitro groups is 1. The van der Waals surface area contributed by atoms with E-state index in [0.717, 1.165) is 4.90 Å². The maximum atomic E-state index is 13.0. The van der Waals surface area contributed by atoms with E-state index >= 15 is 0 Å². The molecule has 5 rings (SSSR count). The number of nitro benzene ring substituents is 1. The number of amides is 3. The van der Waals surface area contributed by atoms with Crippen LogP contribution in [0.25, 0.3) is 6.08 Å². The van der Waals surface area contributed by atoms with Crippen molar-refractivity contribution in [3.8, 4) is 0 Å². The molecule has 0 radical (unpaired) electrons. The molecular weight excluding hydrogens is 510 g/mol. The van der Waals surface area contributed by atoms with Crippen molar-refractivity contribution in [2.24, 2.45) is 0 Å². The molecule has 0 aliphatic carbocycles. The van der Waals surface area contributed by atoms with Crippen molar-refractivity contribution in [1.82, 2.24) is 4.90 Å². The van der Waals surface area contributed by atoms with Gasteiger partial charge in [0.2, 0.25) is 0 Å². The monoisotopic (exact) mass is 531 g/mol. The predicted octanol–water partition coefficient (Wildman–Crippen LogP) is 5.54. The van der Waals surface area contributed by atoms with Crippen LogP contribution in [0.1, 0.15) is 52.6 Å². The Hall–Kier alpha value is -5.70. The molecule has 1 aliphatic rings. The molecule has 0 aromatic heterocycles. The second-order valence-electron chi connectivity index (χ2n) is 9.02. The largest absolute Gasteiger partial charge is 0.322 e. The Balaban J connectivity index is 1.25. The predicted molar refractivity (Wildman–Crippen MR) is 148 cm³/mol. The van der Waals surface area contributed by atoms with Crippen LogP contribution in [0.5, 0.6) is 0 Å². The van der Waals surface area contributed by atoms with Crippen LogP contribution >= 0.6 is 0 Å². The number of fused-ring (bicyclic) bond motifs is 1. The van der Waals surface area contributed by atoms with Crippen LogP contribution in [0.4, 0.5) is 11.4 Å². The van der Waals surface area contributed by atoms with Crippen LogP contribution in [0.3, 0.4) is 0 Å². The van der Waals surface area contributed by atoms with Crippen LogP contribution in [-0.2, 0) is 6.54 Å². The zero-order chi connectivity index (χ0) is 28.2. The number of nitrogens with one attached hydrogen (secondary N) is 1. The lowest BCUT2D eigenvalue weighted by atomic mass is 10.1. The van der Waals surface area contributed by atoms with Gasteiger partial charge in [0, 0.05) is 28.9 Å². The zero-order valence-electron chi connectivity index (χ0n) is 20.9. The molecule has 0 fully saturated rings. The number of rotatable bonds is 8. The van der Waals surface area contributed by atoms with Crippen molar-refractivity contribution in [2.75, 3.05) is 5.32 Å². The number of ketones is 1. The Morgan fingerprint density at radius 1 is 0.800 bits per heavy atom. The van der Waals surface area contributed by atoms with Gasteiger partial charge in [0.05, 0.1) is 22.6 Å². The average Bonchev–Trinajstić information content (AvgIpc) is 3.21. The number of hydrogen-bond donors (Lipinski definition) is 1. The number of imide groups is 1. The number of carbonyl (C=O) groups excluding carboxylic acids is 4. The van der Waals surface area contributed by atoms with Gasteiger partial charge >= 0.3 is 0 Å². The summed E-state index contributed by atoms with van der Waals surface area (Å²) in [5.74, 6) is -1.48. The lowest BCUT2D eigenvalue weighted by molar-refractivity contribution is -0.384. The van der Waals surface area contributed by atoms with Gasteiger partial charge < -0.3 is 5.32 Å². The maximum Gasteiger partial charge on any atom is 0.269 e. The zero-order valence-corrected chi connectivity index (χ0v) is 20.9. The van der Waals surface area contributed by atoms with E-state index in [1.54, 1.807) is 91.0 Å². The molecule has 0 atom stereocenters. The number of hydrogen-bond acceptors (Lipinski definition) is 6. The summed E-state index contributed by atoms with van der Waals surface area (Å²) in [7, 11) is 0. The molecule has 0 saturated heterocycles. The van der Waals surface area contributed by atoms with Gasteiger partial charge in [-0.2, -0.15) is 0 Å². The van der Waals surface area contributed by atoms with Crippen molar-refractivity contribution in [3.05, 3.63) is 147 Å². The van der Waals surface area contributed by atoms with E-state index in [1.165, 1.54) is 18.2 Å². The molecule has 0 unspecified atom stereocenters. The third kappa shape index (κ3) is 5.44. The Bertz CT molecular complexity index is 1670. The maximum absolute atomic E-state index is 13.0. The van der Waals surface area contributed by atoms with E-state index in [4.69, 9.17) is 0 Å². The van der Waals surface area contributed by atoms with Gasteiger partial charge in [0.25, 0.3) is 23.4 Å². The summed E-state index contributed by atoms with van der Waals surface area (Å²) in [5.41, 5.74) is 2.99. The molecule has 40 heavy (non-hydrogen) atoms. The first-order valence-electron chi connectivity index (χ1n) is 12.2. The van der Waals surface area contributed by atoms with Crippen molar-refractivity contribution in [2.45, 2.75) is 6.54 Å². The Morgan fingerprint density at radius 3 is 2.12 bits per heavy atom. The molecule has 1 aliphatic heterocycles. The molecule has 1 N–H and O–H groups in total.